The molecule has 0 bridgehead atoms. The summed E-state index contributed by atoms with van der Waals surface area (Å²) < 4.78 is 0. The van der Waals surface area contributed by atoms with Crippen LogP contribution in [0.25, 0.3) is 0 Å². The standard InChI is InChI=1S/C23H45N9O6/c1-3-13(2)18(26)21(36)31-14(7-4-5-11-24)19(34)30-15(8-6-12-29-23(27)28)20(35)32-16(22(37)38)9-10-17(25)33/h13-16,18H,3-12,24,26H2,1-2H3,(H2,25,33)(H,30,34)(H,31,36)(H,32,35)(H,37,38)(H4,27,28,29). The van der Waals surface area contributed by atoms with Crippen molar-refractivity contribution < 1.29 is 29.1 Å². The molecule has 0 spiro atoms. The van der Waals surface area contributed by atoms with E-state index >= 15 is 0 Å². The van der Waals surface area contributed by atoms with Gasteiger partial charge in [0.25, 0.3) is 0 Å². The molecule has 5 unspecified atom stereocenters. The minimum Gasteiger partial charge on any atom is -0.480 e. The highest BCUT2D eigenvalue weighted by Gasteiger charge is 2.30. The molecule has 0 fully saturated rings. The molecule has 15 heteroatoms. The quantitative estimate of drug-likeness (QED) is 0.0436. The smallest absolute Gasteiger partial charge is 0.326 e. The van der Waals surface area contributed by atoms with Gasteiger partial charge in [-0.3, -0.25) is 24.2 Å². The fourth-order valence-corrected chi connectivity index (χ4v) is 3.40. The van der Waals surface area contributed by atoms with Gasteiger partial charge in [0.1, 0.15) is 18.1 Å². The number of aliphatic carboxylic acids is 1. The molecule has 15 nitrogen and oxygen atoms in total. The van der Waals surface area contributed by atoms with Crippen LogP contribution in [0.15, 0.2) is 4.99 Å². The van der Waals surface area contributed by atoms with E-state index in [0.29, 0.717) is 25.8 Å². The van der Waals surface area contributed by atoms with Gasteiger partial charge in [0, 0.05) is 13.0 Å². The van der Waals surface area contributed by atoms with Crippen LogP contribution >= 0.6 is 0 Å². The number of carbonyl (C=O) groups is 5. The number of rotatable bonds is 20. The van der Waals surface area contributed by atoms with E-state index in [9.17, 15) is 29.1 Å². The Bertz CT molecular complexity index is 819. The Morgan fingerprint density at radius 3 is 1.82 bits per heavy atom. The van der Waals surface area contributed by atoms with E-state index in [0.717, 1.165) is 0 Å². The minimum atomic E-state index is -1.40. The second kappa shape index (κ2) is 18.7. The zero-order chi connectivity index (χ0) is 29.3. The van der Waals surface area contributed by atoms with Gasteiger partial charge in [0.05, 0.1) is 6.04 Å². The zero-order valence-electron chi connectivity index (χ0n) is 22.3. The van der Waals surface area contributed by atoms with Crippen molar-refractivity contribution in [1.29, 1.82) is 0 Å². The van der Waals surface area contributed by atoms with Crippen LogP contribution in [-0.4, -0.2) is 77.9 Å². The molecular weight excluding hydrogens is 498 g/mol. The summed E-state index contributed by atoms with van der Waals surface area (Å²) >= 11 is 0. The molecule has 0 aliphatic heterocycles. The van der Waals surface area contributed by atoms with E-state index in [2.05, 4.69) is 20.9 Å². The summed E-state index contributed by atoms with van der Waals surface area (Å²) in [5.41, 5.74) is 27.3. The number of primary amides is 1. The summed E-state index contributed by atoms with van der Waals surface area (Å²) in [4.78, 5) is 65.4. The lowest BCUT2D eigenvalue weighted by atomic mass is 9.98. The van der Waals surface area contributed by atoms with Crippen molar-refractivity contribution in [3.63, 3.8) is 0 Å². The molecule has 0 aromatic rings. The molecule has 0 aliphatic rings. The Hall–Kier alpha value is -3.46. The average Bonchev–Trinajstić information content (AvgIpc) is 2.85. The van der Waals surface area contributed by atoms with Gasteiger partial charge in [0.15, 0.2) is 5.96 Å². The van der Waals surface area contributed by atoms with Crippen LogP contribution < -0.4 is 44.6 Å². The van der Waals surface area contributed by atoms with Crippen LogP contribution in [0.5, 0.6) is 0 Å². The maximum atomic E-state index is 13.2. The van der Waals surface area contributed by atoms with Crippen molar-refractivity contribution in [2.75, 3.05) is 13.1 Å². The van der Waals surface area contributed by atoms with Gasteiger partial charge in [-0.05, 0) is 51.0 Å². The summed E-state index contributed by atoms with van der Waals surface area (Å²) in [6.45, 7) is 4.27. The molecule has 0 aliphatic carbocycles. The molecular formula is C23H45N9O6. The number of nitrogens with one attached hydrogen (secondary N) is 3. The Morgan fingerprint density at radius 2 is 1.34 bits per heavy atom. The van der Waals surface area contributed by atoms with Crippen molar-refractivity contribution in [2.24, 2.45) is 39.6 Å². The van der Waals surface area contributed by atoms with E-state index < -0.39 is 53.8 Å². The highest BCUT2D eigenvalue weighted by Crippen LogP contribution is 2.09. The Labute approximate surface area is 223 Å². The number of guanidine groups is 1. The summed E-state index contributed by atoms with van der Waals surface area (Å²) in [7, 11) is 0. The SMILES string of the molecule is CCC(C)C(N)C(=O)NC(CCCCN)C(=O)NC(CCCN=C(N)N)C(=O)NC(CCC(N)=O)C(=O)O. The van der Waals surface area contributed by atoms with Crippen molar-refractivity contribution in [1.82, 2.24) is 16.0 Å². The van der Waals surface area contributed by atoms with Crippen LogP contribution in [-0.2, 0) is 24.0 Å². The Kier molecular flexibility index (Phi) is 17.0. The predicted molar refractivity (Wildman–Crippen MR) is 142 cm³/mol. The van der Waals surface area contributed by atoms with Gasteiger partial charge in [0.2, 0.25) is 23.6 Å². The molecule has 5 atom stereocenters. The number of aliphatic imine (C=N–C) groups is 1. The summed E-state index contributed by atoms with van der Waals surface area (Å²) in [6.07, 6.45) is 1.91. The third-order valence-electron chi connectivity index (χ3n) is 6.01. The fraction of sp³-hybridized carbons (Fsp3) is 0.739. The largest absolute Gasteiger partial charge is 0.480 e. The molecule has 0 heterocycles. The number of carbonyl (C=O) groups excluding carboxylic acids is 4. The first kappa shape index (κ1) is 34.5. The van der Waals surface area contributed by atoms with Crippen molar-refractivity contribution in [2.45, 2.75) is 89.4 Å². The van der Waals surface area contributed by atoms with Crippen molar-refractivity contribution >= 4 is 35.6 Å². The maximum Gasteiger partial charge on any atom is 0.326 e. The summed E-state index contributed by atoms with van der Waals surface area (Å²) in [5, 5.41) is 17.0. The first-order valence-electron chi connectivity index (χ1n) is 12.8. The second-order valence-corrected chi connectivity index (χ2v) is 9.17. The molecule has 0 rings (SSSR count). The first-order valence-corrected chi connectivity index (χ1v) is 12.8. The van der Waals surface area contributed by atoms with Crippen LogP contribution in [0.3, 0.4) is 0 Å². The molecule has 0 aromatic heterocycles. The monoisotopic (exact) mass is 543 g/mol. The molecule has 0 saturated heterocycles. The van der Waals surface area contributed by atoms with E-state index in [1.165, 1.54) is 0 Å². The van der Waals surface area contributed by atoms with Crippen LogP contribution in [0.1, 0.15) is 65.2 Å². The van der Waals surface area contributed by atoms with Crippen molar-refractivity contribution in [3.8, 4) is 0 Å². The number of unbranched alkanes of at least 4 members (excludes halogenated alkanes) is 1. The van der Waals surface area contributed by atoms with Crippen LogP contribution in [0.2, 0.25) is 0 Å². The number of nitrogens with two attached hydrogens (primary N) is 5. The topological polar surface area (TPSA) is 284 Å². The van der Waals surface area contributed by atoms with Gasteiger partial charge in [-0.1, -0.05) is 20.3 Å². The fourth-order valence-electron chi connectivity index (χ4n) is 3.40. The number of nitrogens with zero attached hydrogens (tertiary/aromatic N) is 1. The molecule has 218 valence electrons. The first-order chi connectivity index (χ1) is 17.8. The number of hydrogen-bond acceptors (Lipinski definition) is 8. The van der Waals surface area contributed by atoms with Gasteiger partial charge < -0.3 is 49.7 Å². The van der Waals surface area contributed by atoms with Gasteiger partial charge in [-0.2, -0.15) is 0 Å². The van der Waals surface area contributed by atoms with E-state index in [1.54, 1.807) is 0 Å². The van der Waals surface area contributed by atoms with E-state index in [-0.39, 0.29) is 50.5 Å². The number of hydrogen-bond donors (Lipinski definition) is 9. The minimum absolute atomic E-state index is 0.0619. The molecule has 0 aromatic carbocycles. The molecule has 0 saturated carbocycles. The Morgan fingerprint density at radius 1 is 0.816 bits per heavy atom. The van der Waals surface area contributed by atoms with Gasteiger partial charge >= 0.3 is 5.97 Å². The Balaban J connectivity index is 5.70. The lowest BCUT2D eigenvalue weighted by Gasteiger charge is -2.26. The molecule has 38 heavy (non-hydrogen) atoms. The van der Waals surface area contributed by atoms with Gasteiger partial charge in [-0.15, -0.1) is 0 Å². The second-order valence-electron chi connectivity index (χ2n) is 9.17. The number of carboxylic acid groups (broad SMARTS) is 1. The van der Waals surface area contributed by atoms with Crippen LogP contribution in [0.4, 0.5) is 0 Å². The number of amides is 4. The molecule has 4 amide bonds. The average molecular weight is 544 g/mol. The van der Waals surface area contributed by atoms with E-state index in [4.69, 9.17) is 28.7 Å². The molecule has 14 N–H and O–H groups in total. The lowest BCUT2D eigenvalue weighted by molar-refractivity contribution is -0.142. The predicted octanol–water partition coefficient (Wildman–Crippen LogP) is -2.65. The normalized spacial score (nSPS) is 14.7. The van der Waals surface area contributed by atoms with Crippen LogP contribution in [0, 0.1) is 5.92 Å². The zero-order valence-corrected chi connectivity index (χ0v) is 22.3. The van der Waals surface area contributed by atoms with Gasteiger partial charge in [-0.25, -0.2) is 4.79 Å². The highest BCUT2D eigenvalue weighted by atomic mass is 16.4. The summed E-state index contributed by atoms with van der Waals surface area (Å²) in [5.74, 6) is -4.28. The number of carboxylic acids is 1. The maximum absolute atomic E-state index is 13.2. The third-order valence-corrected chi connectivity index (χ3v) is 6.01. The van der Waals surface area contributed by atoms with E-state index in [1.807, 2.05) is 13.8 Å². The van der Waals surface area contributed by atoms with Crippen molar-refractivity contribution in [3.05, 3.63) is 0 Å². The molecule has 0 radical (unpaired) electrons. The third kappa shape index (κ3) is 14.3. The highest BCUT2D eigenvalue weighted by molar-refractivity contribution is 5.94. The summed E-state index contributed by atoms with van der Waals surface area (Å²) in [6, 6.07) is -4.41. The lowest BCUT2D eigenvalue weighted by Crippen LogP contribution is -2.57.